The van der Waals surface area contributed by atoms with Crippen molar-refractivity contribution in [3.05, 3.63) is 77.9 Å². The van der Waals surface area contributed by atoms with Crippen LogP contribution in [-0.4, -0.2) is 6.36 Å². The molecule has 0 bridgehead atoms. The van der Waals surface area contributed by atoms with Crippen LogP contribution in [-0.2, 0) is 11.8 Å². The van der Waals surface area contributed by atoms with Gasteiger partial charge in [0, 0.05) is 0 Å². The molecule has 0 heterocycles. The summed E-state index contributed by atoms with van der Waals surface area (Å²) in [6, 6.07) is 19.7. The van der Waals surface area contributed by atoms with Gasteiger partial charge in [-0.05, 0) is 64.4 Å². The van der Waals surface area contributed by atoms with Gasteiger partial charge in [0.05, 0.1) is 0 Å². The molecular weight excluding hydrogens is 401 g/mol. The van der Waals surface area contributed by atoms with E-state index >= 15 is 0 Å². The van der Waals surface area contributed by atoms with E-state index in [1.54, 1.807) is 12.1 Å². The van der Waals surface area contributed by atoms with Crippen LogP contribution in [0.2, 0.25) is 0 Å². The quantitative estimate of drug-likeness (QED) is 0.393. The van der Waals surface area contributed by atoms with Gasteiger partial charge in [0.15, 0.2) is 0 Å². The molecule has 31 heavy (non-hydrogen) atoms. The molecule has 5 heteroatoms. The first-order chi connectivity index (χ1) is 14.5. The monoisotopic (exact) mass is 428 g/mol. The predicted molar refractivity (Wildman–Crippen MR) is 118 cm³/mol. The van der Waals surface area contributed by atoms with E-state index in [1.807, 2.05) is 30.3 Å². The van der Waals surface area contributed by atoms with Gasteiger partial charge in [0.1, 0.15) is 17.2 Å². The van der Waals surface area contributed by atoms with E-state index in [-0.39, 0.29) is 11.2 Å². The van der Waals surface area contributed by atoms with Crippen molar-refractivity contribution in [3.63, 3.8) is 0 Å². The average molecular weight is 428 g/mol. The molecule has 0 aliphatic carbocycles. The van der Waals surface area contributed by atoms with Crippen molar-refractivity contribution in [2.24, 2.45) is 0 Å². The summed E-state index contributed by atoms with van der Waals surface area (Å²) in [6.45, 7) is 8.56. The Bertz CT molecular complexity index is 1020. The van der Waals surface area contributed by atoms with Gasteiger partial charge in [0.2, 0.25) is 0 Å². The van der Waals surface area contributed by atoms with E-state index in [0.29, 0.717) is 11.3 Å². The van der Waals surface area contributed by atoms with Crippen LogP contribution in [0.15, 0.2) is 66.7 Å². The van der Waals surface area contributed by atoms with Crippen LogP contribution >= 0.6 is 0 Å². The molecule has 0 saturated carbocycles. The molecule has 0 radical (unpaired) electrons. The zero-order valence-corrected chi connectivity index (χ0v) is 18.2. The zero-order valence-electron chi connectivity index (χ0n) is 18.2. The van der Waals surface area contributed by atoms with Gasteiger partial charge in [-0.25, -0.2) is 0 Å². The summed E-state index contributed by atoms with van der Waals surface area (Å²) in [5.74, 6) is 1.17. The standard InChI is InChI=1S/C26H27F3O2/c1-5-7-18-10-11-20(19-8-6-9-23(16-19)31-26(27,28)29)17-24(18)30-22-14-12-21(13-15-22)25(2,3)4/h6,8-17H,5,7H2,1-4H3. The van der Waals surface area contributed by atoms with Crippen molar-refractivity contribution in [1.82, 2.24) is 0 Å². The van der Waals surface area contributed by atoms with Crippen LogP contribution in [0.25, 0.3) is 11.1 Å². The van der Waals surface area contributed by atoms with Crippen LogP contribution in [0, 0.1) is 0 Å². The van der Waals surface area contributed by atoms with Crippen molar-refractivity contribution in [3.8, 4) is 28.4 Å². The van der Waals surface area contributed by atoms with Crippen molar-refractivity contribution in [2.45, 2.75) is 52.3 Å². The van der Waals surface area contributed by atoms with Gasteiger partial charge in [-0.2, -0.15) is 0 Å². The first-order valence-corrected chi connectivity index (χ1v) is 10.3. The van der Waals surface area contributed by atoms with E-state index in [0.717, 1.165) is 29.7 Å². The smallest absolute Gasteiger partial charge is 0.457 e. The number of rotatable bonds is 6. The Labute approximate surface area is 181 Å². The van der Waals surface area contributed by atoms with Gasteiger partial charge in [-0.3, -0.25) is 0 Å². The molecule has 0 unspecified atom stereocenters. The van der Waals surface area contributed by atoms with Crippen molar-refractivity contribution < 1.29 is 22.6 Å². The Morgan fingerprint density at radius 1 is 0.774 bits per heavy atom. The lowest BCUT2D eigenvalue weighted by Gasteiger charge is -2.19. The lowest BCUT2D eigenvalue weighted by atomic mass is 9.87. The minimum absolute atomic E-state index is 0.0509. The minimum atomic E-state index is -4.73. The number of hydrogen-bond acceptors (Lipinski definition) is 2. The van der Waals surface area contributed by atoms with E-state index in [4.69, 9.17) is 4.74 Å². The summed E-state index contributed by atoms with van der Waals surface area (Å²) in [5, 5.41) is 0. The minimum Gasteiger partial charge on any atom is -0.457 e. The third kappa shape index (κ3) is 6.27. The van der Waals surface area contributed by atoms with Crippen LogP contribution < -0.4 is 9.47 Å². The summed E-state index contributed by atoms with van der Waals surface area (Å²) < 4.78 is 48.0. The maximum atomic E-state index is 12.6. The molecule has 0 saturated heterocycles. The normalized spacial score (nSPS) is 12.0. The fourth-order valence-corrected chi connectivity index (χ4v) is 3.33. The molecule has 2 nitrogen and oxygen atoms in total. The molecule has 3 aromatic carbocycles. The summed E-state index contributed by atoms with van der Waals surface area (Å²) >= 11 is 0. The zero-order chi connectivity index (χ0) is 22.6. The summed E-state index contributed by atoms with van der Waals surface area (Å²) in [6.07, 6.45) is -2.93. The highest BCUT2D eigenvalue weighted by molar-refractivity contribution is 5.68. The number of aryl methyl sites for hydroxylation is 1. The second-order valence-corrected chi connectivity index (χ2v) is 8.52. The second kappa shape index (κ2) is 9.04. The number of alkyl halides is 3. The van der Waals surface area contributed by atoms with Gasteiger partial charge in [-0.1, -0.05) is 70.5 Å². The van der Waals surface area contributed by atoms with Crippen LogP contribution in [0.5, 0.6) is 17.2 Å². The van der Waals surface area contributed by atoms with Crippen molar-refractivity contribution in [1.29, 1.82) is 0 Å². The molecule has 0 aliphatic rings. The topological polar surface area (TPSA) is 18.5 Å². The SMILES string of the molecule is CCCc1ccc(-c2cccc(OC(F)(F)F)c2)cc1Oc1ccc(C(C)(C)C)cc1. The lowest BCUT2D eigenvalue weighted by molar-refractivity contribution is -0.274. The molecule has 0 fully saturated rings. The van der Waals surface area contributed by atoms with Gasteiger partial charge >= 0.3 is 6.36 Å². The van der Waals surface area contributed by atoms with Crippen LogP contribution in [0.3, 0.4) is 0 Å². The molecule has 3 rings (SSSR count). The molecule has 0 spiro atoms. The molecule has 3 aromatic rings. The van der Waals surface area contributed by atoms with Crippen LogP contribution in [0.4, 0.5) is 13.2 Å². The Hall–Kier alpha value is -2.95. The largest absolute Gasteiger partial charge is 0.573 e. The molecular formula is C26H27F3O2. The Morgan fingerprint density at radius 3 is 2.06 bits per heavy atom. The van der Waals surface area contributed by atoms with Crippen molar-refractivity contribution in [2.75, 3.05) is 0 Å². The summed E-state index contributed by atoms with van der Waals surface area (Å²) in [5.41, 5.74) is 3.69. The molecule has 0 amide bonds. The predicted octanol–water partition coefficient (Wildman–Crippen LogP) is 8.29. The van der Waals surface area contributed by atoms with E-state index < -0.39 is 6.36 Å². The molecule has 164 valence electrons. The number of benzene rings is 3. The van der Waals surface area contributed by atoms with Gasteiger partial charge in [-0.15, -0.1) is 13.2 Å². The molecule has 0 atom stereocenters. The molecule has 0 aromatic heterocycles. The van der Waals surface area contributed by atoms with E-state index in [2.05, 4.69) is 44.6 Å². The third-order valence-electron chi connectivity index (χ3n) is 4.94. The number of hydrogen-bond donors (Lipinski definition) is 0. The maximum Gasteiger partial charge on any atom is 0.573 e. The molecule has 0 N–H and O–H groups in total. The lowest BCUT2D eigenvalue weighted by Crippen LogP contribution is -2.17. The summed E-state index contributed by atoms with van der Waals surface area (Å²) in [7, 11) is 0. The fourth-order valence-electron chi connectivity index (χ4n) is 3.33. The highest BCUT2D eigenvalue weighted by atomic mass is 19.4. The second-order valence-electron chi connectivity index (χ2n) is 8.52. The third-order valence-corrected chi connectivity index (χ3v) is 4.94. The number of halogens is 3. The Morgan fingerprint density at radius 2 is 1.45 bits per heavy atom. The van der Waals surface area contributed by atoms with E-state index in [9.17, 15) is 13.2 Å². The Balaban J connectivity index is 1.92. The first kappa shape index (κ1) is 22.7. The molecule has 0 aliphatic heterocycles. The summed E-state index contributed by atoms with van der Waals surface area (Å²) in [4.78, 5) is 0. The van der Waals surface area contributed by atoms with Gasteiger partial charge < -0.3 is 9.47 Å². The van der Waals surface area contributed by atoms with Crippen molar-refractivity contribution >= 4 is 0 Å². The maximum absolute atomic E-state index is 12.6. The van der Waals surface area contributed by atoms with Gasteiger partial charge in [0.25, 0.3) is 0 Å². The highest BCUT2D eigenvalue weighted by Gasteiger charge is 2.31. The van der Waals surface area contributed by atoms with E-state index in [1.165, 1.54) is 17.7 Å². The average Bonchev–Trinajstić information content (AvgIpc) is 2.68. The fraction of sp³-hybridized carbons (Fsp3) is 0.308. The first-order valence-electron chi connectivity index (χ1n) is 10.3. The Kier molecular flexibility index (Phi) is 6.63. The number of ether oxygens (including phenoxy) is 2. The highest BCUT2D eigenvalue weighted by Crippen LogP contribution is 2.34. The van der Waals surface area contributed by atoms with Crippen LogP contribution in [0.1, 0.15) is 45.2 Å².